The molecule has 108 valence electrons. The third-order valence-electron chi connectivity index (χ3n) is 2.86. The first-order valence-electron chi connectivity index (χ1n) is 6.48. The van der Waals surface area contributed by atoms with Crippen LogP contribution in [0.2, 0.25) is 0 Å². The van der Waals surface area contributed by atoms with Crippen molar-refractivity contribution >= 4 is 29.3 Å². The SMILES string of the molecule is C[C@@H](Sc1ccccc1)C(=O)Nc1ccc(C(N)=O)cc1. The van der Waals surface area contributed by atoms with Gasteiger partial charge in [-0.3, -0.25) is 9.59 Å². The van der Waals surface area contributed by atoms with Crippen LogP contribution in [0.15, 0.2) is 59.5 Å². The predicted octanol–water partition coefficient (Wildman–Crippen LogP) is 2.90. The van der Waals surface area contributed by atoms with Crippen LogP contribution >= 0.6 is 11.8 Å². The monoisotopic (exact) mass is 300 g/mol. The minimum absolute atomic E-state index is 0.0873. The molecule has 3 N–H and O–H groups in total. The van der Waals surface area contributed by atoms with Crippen LogP contribution < -0.4 is 11.1 Å². The van der Waals surface area contributed by atoms with Crippen molar-refractivity contribution in [2.45, 2.75) is 17.1 Å². The number of nitrogens with two attached hydrogens (primary N) is 1. The number of rotatable bonds is 5. The number of anilines is 1. The second kappa shape index (κ2) is 6.95. The molecule has 0 aromatic heterocycles. The summed E-state index contributed by atoms with van der Waals surface area (Å²) in [5, 5.41) is 2.60. The summed E-state index contributed by atoms with van der Waals surface area (Å²) < 4.78 is 0. The smallest absolute Gasteiger partial charge is 0.248 e. The fraction of sp³-hybridized carbons (Fsp3) is 0.125. The quantitative estimate of drug-likeness (QED) is 0.834. The highest BCUT2D eigenvalue weighted by atomic mass is 32.2. The lowest BCUT2D eigenvalue weighted by atomic mass is 10.2. The van der Waals surface area contributed by atoms with Crippen molar-refractivity contribution in [3.8, 4) is 0 Å². The number of hydrogen-bond donors (Lipinski definition) is 2. The Bertz CT molecular complexity index is 626. The minimum atomic E-state index is -0.485. The average Bonchev–Trinajstić information content (AvgIpc) is 2.48. The van der Waals surface area contributed by atoms with Crippen LogP contribution in [0.3, 0.4) is 0 Å². The van der Waals surface area contributed by atoms with Gasteiger partial charge in [-0.1, -0.05) is 18.2 Å². The first kappa shape index (κ1) is 15.1. The standard InChI is InChI=1S/C16H16N2O2S/c1-11(21-14-5-3-2-4-6-14)16(20)18-13-9-7-12(8-10-13)15(17)19/h2-11H,1H3,(H2,17,19)(H,18,20)/t11-/m1/s1. The topological polar surface area (TPSA) is 72.2 Å². The highest BCUT2D eigenvalue weighted by molar-refractivity contribution is 8.00. The van der Waals surface area contributed by atoms with Crippen molar-refractivity contribution in [3.05, 3.63) is 60.2 Å². The molecular formula is C16H16N2O2S. The van der Waals surface area contributed by atoms with E-state index in [0.717, 1.165) is 4.90 Å². The molecule has 4 nitrogen and oxygen atoms in total. The van der Waals surface area contributed by atoms with E-state index in [0.29, 0.717) is 11.3 Å². The predicted molar refractivity (Wildman–Crippen MR) is 85.4 cm³/mol. The summed E-state index contributed by atoms with van der Waals surface area (Å²) in [6.45, 7) is 1.85. The van der Waals surface area contributed by atoms with Crippen molar-refractivity contribution in [2.75, 3.05) is 5.32 Å². The zero-order chi connectivity index (χ0) is 15.2. The molecule has 5 heteroatoms. The van der Waals surface area contributed by atoms with Crippen LogP contribution in [0.1, 0.15) is 17.3 Å². The lowest BCUT2D eigenvalue weighted by Gasteiger charge is -2.12. The molecule has 0 saturated carbocycles. The van der Waals surface area contributed by atoms with Crippen LogP contribution in [-0.4, -0.2) is 17.1 Å². The van der Waals surface area contributed by atoms with Crippen LogP contribution in [0.4, 0.5) is 5.69 Å². The van der Waals surface area contributed by atoms with E-state index in [4.69, 9.17) is 5.73 Å². The highest BCUT2D eigenvalue weighted by Gasteiger charge is 2.14. The molecular weight excluding hydrogens is 284 g/mol. The molecule has 0 aliphatic rings. The van der Waals surface area contributed by atoms with Gasteiger partial charge in [0.05, 0.1) is 5.25 Å². The maximum atomic E-state index is 12.1. The highest BCUT2D eigenvalue weighted by Crippen LogP contribution is 2.23. The molecule has 0 radical (unpaired) electrons. The molecule has 1 atom stereocenters. The average molecular weight is 300 g/mol. The molecule has 0 unspecified atom stereocenters. The molecule has 2 rings (SSSR count). The van der Waals surface area contributed by atoms with E-state index >= 15 is 0 Å². The number of nitrogens with one attached hydrogen (secondary N) is 1. The lowest BCUT2D eigenvalue weighted by Crippen LogP contribution is -2.22. The van der Waals surface area contributed by atoms with E-state index in [1.165, 1.54) is 11.8 Å². The molecule has 21 heavy (non-hydrogen) atoms. The Balaban J connectivity index is 1.95. The molecule has 0 saturated heterocycles. The van der Waals surface area contributed by atoms with Gasteiger partial charge in [0.25, 0.3) is 0 Å². The third-order valence-corrected chi connectivity index (χ3v) is 3.97. The maximum Gasteiger partial charge on any atom is 0.248 e. The second-order valence-corrected chi connectivity index (χ2v) is 5.92. The van der Waals surface area contributed by atoms with Crippen molar-refractivity contribution in [3.63, 3.8) is 0 Å². The second-order valence-electron chi connectivity index (χ2n) is 4.50. The molecule has 0 fully saturated rings. The fourth-order valence-corrected chi connectivity index (χ4v) is 2.61. The van der Waals surface area contributed by atoms with Gasteiger partial charge in [0.1, 0.15) is 0 Å². The fourth-order valence-electron chi connectivity index (χ4n) is 1.72. The molecule has 0 spiro atoms. The summed E-state index contributed by atoms with van der Waals surface area (Å²) >= 11 is 1.49. The van der Waals surface area contributed by atoms with E-state index in [-0.39, 0.29) is 11.2 Å². The van der Waals surface area contributed by atoms with Crippen molar-refractivity contribution in [2.24, 2.45) is 5.73 Å². The summed E-state index contributed by atoms with van der Waals surface area (Å²) in [5.74, 6) is -0.573. The molecule has 2 aromatic carbocycles. The normalized spacial score (nSPS) is 11.7. The van der Waals surface area contributed by atoms with Crippen LogP contribution in [0.5, 0.6) is 0 Å². The zero-order valence-electron chi connectivity index (χ0n) is 11.6. The van der Waals surface area contributed by atoms with Gasteiger partial charge in [-0.15, -0.1) is 11.8 Å². The Labute approximate surface area is 127 Å². The zero-order valence-corrected chi connectivity index (χ0v) is 12.4. The summed E-state index contributed by atoms with van der Waals surface area (Å²) in [7, 11) is 0. The van der Waals surface area contributed by atoms with Crippen LogP contribution in [0.25, 0.3) is 0 Å². The summed E-state index contributed by atoms with van der Waals surface area (Å²) in [5.41, 5.74) is 6.23. The van der Waals surface area contributed by atoms with E-state index in [9.17, 15) is 9.59 Å². The first-order chi connectivity index (χ1) is 10.1. The van der Waals surface area contributed by atoms with Gasteiger partial charge in [-0.25, -0.2) is 0 Å². The molecule has 0 heterocycles. The van der Waals surface area contributed by atoms with Gasteiger partial charge >= 0.3 is 0 Å². The Hall–Kier alpha value is -2.27. The molecule has 0 aliphatic carbocycles. The van der Waals surface area contributed by atoms with Crippen molar-refractivity contribution in [1.82, 2.24) is 0 Å². The molecule has 0 aliphatic heterocycles. The van der Waals surface area contributed by atoms with E-state index in [1.807, 2.05) is 37.3 Å². The third kappa shape index (κ3) is 4.36. The Morgan fingerprint density at radius 3 is 2.24 bits per heavy atom. The van der Waals surface area contributed by atoms with Gasteiger partial charge in [0.2, 0.25) is 11.8 Å². The number of primary amides is 1. The number of benzene rings is 2. The van der Waals surface area contributed by atoms with E-state index in [1.54, 1.807) is 24.3 Å². The number of hydrogen-bond acceptors (Lipinski definition) is 3. The van der Waals surface area contributed by atoms with E-state index < -0.39 is 5.91 Å². The lowest BCUT2D eigenvalue weighted by molar-refractivity contribution is -0.115. The van der Waals surface area contributed by atoms with Gasteiger partial charge in [0.15, 0.2) is 0 Å². The Kier molecular flexibility index (Phi) is 5.00. The van der Waals surface area contributed by atoms with E-state index in [2.05, 4.69) is 5.32 Å². The minimum Gasteiger partial charge on any atom is -0.366 e. The van der Waals surface area contributed by atoms with Gasteiger partial charge in [0, 0.05) is 16.1 Å². The maximum absolute atomic E-state index is 12.1. The van der Waals surface area contributed by atoms with Gasteiger partial charge in [-0.05, 0) is 43.3 Å². The number of carbonyl (C=O) groups excluding carboxylic acids is 2. The van der Waals surface area contributed by atoms with Crippen LogP contribution in [0, 0.1) is 0 Å². The summed E-state index contributed by atoms with van der Waals surface area (Å²) in [6.07, 6.45) is 0. The van der Waals surface area contributed by atoms with Crippen molar-refractivity contribution in [1.29, 1.82) is 0 Å². The van der Waals surface area contributed by atoms with Gasteiger partial charge in [-0.2, -0.15) is 0 Å². The van der Waals surface area contributed by atoms with Crippen LogP contribution in [-0.2, 0) is 4.79 Å². The largest absolute Gasteiger partial charge is 0.366 e. The number of thioether (sulfide) groups is 1. The van der Waals surface area contributed by atoms with Gasteiger partial charge < -0.3 is 11.1 Å². The molecule has 0 bridgehead atoms. The van der Waals surface area contributed by atoms with Crippen molar-refractivity contribution < 1.29 is 9.59 Å². The number of amides is 2. The summed E-state index contributed by atoms with van der Waals surface area (Å²) in [4.78, 5) is 24.1. The summed E-state index contributed by atoms with van der Waals surface area (Å²) in [6, 6.07) is 16.3. The molecule has 2 aromatic rings. The Morgan fingerprint density at radius 1 is 1.05 bits per heavy atom. The first-order valence-corrected chi connectivity index (χ1v) is 7.36. The Morgan fingerprint density at radius 2 is 1.67 bits per heavy atom. The number of carbonyl (C=O) groups is 2. The molecule has 2 amide bonds.